The van der Waals surface area contributed by atoms with Crippen molar-refractivity contribution in [1.82, 2.24) is 15.0 Å². The molecule has 37 heavy (non-hydrogen) atoms. The first-order valence-electron chi connectivity index (χ1n) is 12.7. The van der Waals surface area contributed by atoms with Crippen molar-refractivity contribution in [3.05, 3.63) is 75.2 Å². The van der Waals surface area contributed by atoms with Gasteiger partial charge in [-0.15, -0.1) is 11.3 Å². The lowest BCUT2D eigenvalue weighted by Gasteiger charge is -2.29. The molecule has 2 N–H and O–H groups in total. The summed E-state index contributed by atoms with van der Waals surface area (Å²) in [4.78, 5) is 17.6. The van der Waals surface area contributed by atoms with E-state index in [0.717, 1.165) is 27.4 Å². The molecule has 1 aliphatic rings. The fraction of sp³-hybridized carbons (Fsp3) is 0.429. The Labute approximate surface area is 223 Å². The lowest BCUT2D eigenvalue weighted by molar-refractivity contribution is 0.0920. The molecule has 1 aliphatic carbocycles. The van der Waals surface area contributed by atoms with Crippen molar-refractivity contribution in [2.24, 2.45) is 0 Å². The van der Waals surface area contributed by atoms with Crippen LogP contribution in [0.5, 0.6) is 5.75 Å². The molecule has 0 spiro atoms. The maximum absolute atomic E-state index is 12.8. The van der Waals surface area contributed by atoms with Crippen molar-refractivity contribution in [3.63, 3.8) is 0 Å². The van der Waals surface area contributed by atoms with Crippen molar-refractivity contribution in [1.29, 1.82) is 0 Å². The number of hydrogen-bond acceptors (Lipinski definition) is 6. The summed E-state index contributed by atoms with van der Waals surface area (Å²) in [5, 5.41) is 5.57. The second kappa shape index (κ2) is 11.8. The molecule has 1 fully saturated rings. The molecule has 0 radical (unpaired) electrons. The van der Waals surface area contributed by atoms with Gasteiger partial charge in [0.2, 0.25) is 10.0 Å². The maximum atomic E-state index is 12.8. The molecular weight excluding hydrogens is 506 g/mol. The van der Waals surface area contributed by atoms with E-state index in [2.05, 4.69) is 41.0 Å². The zero-order valence-electron chi connectivity index (χ0n) is 21.8. The van der Waals surface area contributed by atoms with Gasteiger partial charge in [0.25, 0.3) is 5.91 Å². The van der Waals surface area contributed by atoms with Crippen LogP contribution in [0.1, 0.15) is 77.6 Å². The molecular formula is C28H35N3O4S2. The largest absolute Gasteiger partial charge is 0.486 e. The molecule has 0 aliphatic heterocycles. The predicted molar refractivity (Wildman–Crippen MR) is 147 cm³/mol. The molecule has 0 unspecified atom stereocenters. The summed E-state index contributed by atoms with van der Waals surface area (Å²) < 4.78 is 34.2. The number of sulfonamides is 1. The molecule has 198 valence electrons. The van der Waals surface area contributed by atoms with Crippen molar-refractivity contribution in [2.45, 2.75) is 82.9 Å². The Morgan fingerprint density at radius 3 is 2.35 bits per heavy atom. The number of ether oxygens (including phenoxy) is 1. The minimum absolute atomic E-state index is 0.00470. The first-order chi connectivity index (χ1) is 17.6. The third-order valence-corrected chi connectivity index (χ3v) is 9.00. The Bertz CT molecular complexity index is 1330. The van der Waals surface area contributed by atoms with E-state index in [-0.39, 0.29) is 22.9 Å². The third-order valence-electron chi connectivity index (χ3n) is 6.64. The van der Waals surface area contributed by atoms with Crippen LogP contribution in [-0.2, 0) is 16.6 Å². The average Bonchev–Trinajstić information content (AvgIpc) is 3.33. The monoisotopic (exact) mass is 541 g/mol. The zero-order valence-corrected chi connectivity index (χ0v) is 23.4. The van der Waals surface area contributed by atoms with Crippen LogP contribution in [0.2, 0.25) is 0 Å². The van der Waals surface area contributed by atoms with Gasteiger partial charge in [-0.3, -0.25) is 4.79 Å². The van der Waals surface area contributed by atoms with Crippen molar-refractivity contribution < 1.29 is 17.9 Å². The van der Waals surface area contributed by atoms with Crippen molar-refractivity contribution >= 4 is 27.3 Å². The van der Waals surface area contributed by atoms with E-state index < -0.39 is 10.0 Å². The number of amides is 1. The number of carbonyl (C=O) groups is 1. The number of nitrogens with one attached hydrogen (secondary N) is 2. The molecule has 0 atom stereocenters. The molecule has 2 aromatic carbocycles. The molecule has 1 heterocycles. The number of rotatable bonds is 9. The molecule has 7 nitrogen and oxygen atoms in total. The number of aryl methyl sites for hydroxylation is 2. The highest BCUT2D eigenvalue weighted by Gasteiger charge is 2.27. The fourth-order valence-electron chi connectivity index (χ4n) is 4.48. The molecule has 3 aromatic rings. The number of hydrogen-bond donors (Lipinski definition) is 2. The van der Waals surface area contributed by atoms with E-state index in [0.29, 0.717) is 43.9 Å². The van der Waals surface area contributed by atoms with Crippen LogP contribution in [-0.4, -0.2) is 31.4 Å². The Kier molecular flexibility index (Phi) is 8.67. The average molecular weight is 542 g/mol. The molecule has 1 saturated carbocycles. The van der Waals surface area contributed by atoms with Gasteiger partial charge in [-0.2, -0.15) is 0 Å². The lowest BCUT2D eigenvalue weighted by Crippen LogP contribution is -2.43. The summed E-state index contributed by atoms with van der Waals surface area (Å²) in [5.41, 5.74) is 3.69. The predicted octanol–water partition coefficient (Wildman–Crippen LogP) is 5.48. The van der Waals surface area contributed by atoms with Crippen molar-refractivity contribution in [2.75, 3.05) is 0 Å². The Morgan fingerprint density at radius 2 is 1.68 bits per heavy atom. The zero-order chi connectivity index (χ0) is 26.6. The minimum Gasteiger partial charge on any atom is -0.486 e. The lowest BCUT2D eigenvalue weighted by atomic mass is 9.92. The summed E-state index contributed by atoms with van der Waals surface area (Å²) >= 11 is 1.41. The maximum Gasteiger partial charge on any atom is 0.270 e. The fourth-order valence-corrected chi connectivity index (χ4v) is 6.47. The first kappa shape index (κ1) is 27.3. The van der Waals surface area contributed by atoms with Crippen LogP contribution in [0, 0.1) is 13.8 Å². The van der Waals surface area contributed by atoms with Gasteiger partial charge in [0.15, 0.2) is 0 Å². The van der Waals surface area contributed by atoms with Crippen molar-refractivity contribution in [3.8, 4) is 5.75 Å². The van der Waals surface area contributed by atoms with Gasteiger partial charge in [0, 0.05) is 17.5 Å². The van der Waals surface area contributed by atoms with Crippen LogP contribution in [0.3, 0.4) is 0 Å². The number of benzene rings is 2. The number of carbonyl (C=O) groups excluding carboxylic acids is 1. The minimum atomic E-state index is -3.55. The van der Waals surface area contributed by atoms with Gasteiger partial charge in [0.05, 0.1) is 4.90 Å². The molecule has 1 aromatic heterocycles. The van der Waals surface area contributed by atoms with Crippen LogP contribution in [0.25, 0.3) is 0 Å². The number of thiazole rings is 1. The first-order valence-corrected chi connectivity index (χ1v) is 15.0. The quantitative estimate of drug-likeness (QED) is 0.374. The highest BCUT2D eigenvalue weighted by molar-refractivity contribution is 7.89. The summed E-state index contributed by atoms with van der Waals surface area (Å²) in [5.74, 6) is 0.997. The summed E-state index contributed by atoms with van der Waals surface area (Å²) in [7, 11) is -3.55. The molecule has 1 amide bonds. The Balaban J connectivity index is 1.26. The van der Waals surface area contributed by atoms with Gasteiger partial charge < -0.3 is 10.1 Å². The van der Waals surface area contributed by atoms with Gasteiger partial charge in [-0.1, -0.05) is 43.7 Å². The highest BCUT2D eigenvalue weighted by Crippen LogP contribution is 2.28. The topological polar surface area (TPSA) is 97.4 Å². The SMILES string of the molecule is Cc1ccc(S(=O)(=O)NC2CCC(NC(=O)c3csc(COc4cc(C)ccc4C(C)C)n3)CC2)cc1. The summed E-state index contributed by atoms with van der Waals surface area (Å²) in [6, 6.07) is 12.9. The second-order valence-electron chi connectivity index (χ2n) is 10.1. The summed E-state index contributed by atoms with van der Waals surface area (Å²) in [6.07, 6.45) is 2.75. The van der Waals surface area contributed by atoms with E-state index in [9.17, 15) is 13.2 Å². The summed E-state index contributed by atoms with van der Waals surface area (Å²) in [6.45, 7) is 8.54. The van der Waals surface area contributed by atoms with E-state index in [1.807, 2.05) is 19.9 Å². The molecule has 4 rings (SSSR count). The number of aromatic nitrogens is 1. The van der Waals surface area contributed by atoms with E-state index >= 15 is 0 Å². The van der Waals surface area contributed by atoms with Gasteiger partial charge >= 0.3 is 0 Å². The van der Waals surface area contributed by atoms with Crippen LogP contribution in [0.4, 0.5) is 0 Å². The highest BCUT2D eigenvalue weighted by atomic mass is 32.2. The smallest absolute Gasteiger partial charge is 0.270 e. The third kappa shape index (κ3) is 7.18. The normalized spacial score (nSPS) is 18.1. The van der Waals surface area contributed by atoms with E-state index in [4.69, 9.17) is 4.74 Å². The Hall–Kier alpha value is -2.75. The standard InChI is InChI=1S/C28H35N3O4S2/c1-18(2)24-14-7-20(4)15-26(24)35-16-27-30-25(17-36-27)28(32)29-21-8-10-22(11-9-21)31-37(33,34)23-12-5-19(3)6-13-23/h5-7,12-15,17-18,21-22,31H,8-11,16H2,1-4H3,(H,29,32). The number of nitrogens with zero attached hydrogens (tertiary/aromatic N) is 1. The molecule has 0 saturated heterocycles. The van der Waals surface area contributed by atoms with Gasteiger partial charge in [-0.05, 0) is 74.8 Å². The van der Waals surface area contributed by atoms with Crippen LogP contribution < -0.4 is 14.8 Å². The van der Waals surface area contributed by atoms with E-state index in [1.165, 1.54) is 11.3 Å². The van der Waals surface area contributed by atoms with Crippen LogP contribution >= 0.6 is 11.3 Å². The van der Waals surface area contributed by atoms with E-state index in [1.54, 1.807) is 29.6 Å². The second-order valence-corrected chi connectivity index (χ2v) is 12.7. The van der Waals surface area contributed by atoms with Gasteiger partial charge in [-0.25, -0.2) is 18.1 Å². The van der Waals surface area contributed by atoms with Crippen LogP contribution in [0.15, 0.2) is 52.7 Å². The molecule has 0 bridgehead atoms. The molecule has 9 heteroatoms. The van der Waals surface area contributed by atoms with Gasteiger partial charge in [0.1, 0.15) is 23.1 Å². The Morgan fingerprint density at radius 1 is 1.03 bits per heavy atom.